The van der Waals surface area contributed by atoms with Crippen molar-refractivity contribution < 1.29 is 4.79 Å². The van der Waals surface area contributed by atoms with Gasteiger partial charge in [0.05, 0.1) is 0 Å². The van der Waals surface area contributed by atoms with Gasteiger partial charge in [-0.2, -0.15) is 0 Å². The lowest BCUT2D eigenvalue weighted by Gasteiger charge is -2.14. The second-order valence-electron chi connectivity index (χ2n) is 5.97. The fourth-order valence-electron chi connectivity index (χ4n) is 2.74. The zero-order chi connectivity index (χ0) is 14.3. The lowest BCUT2D eigenvalue weighted by molar-refractivity contribution is -0.123. The molecule has 0 aromatic rings. The monoisotopic (exact) mass is 268 g/mol. The Kier molecular flexibility index (Phi) is 13.8. The number of hydrogen-bond donors (Lipinski definition) is 0. The van der Waals surface area contributed by atoms with E-state index < -0.39 is 0 Å². The van der Waals surface area contributed by atoms with Gasteiger partial charge in [0.25, 0.3) is 0 Å². The molecular weight excluding hydrogens is 232 g/mol. The Morgan fingerprint density at radius 1 is 0.684 bits per heavy atom. The van der Waals surface area contributed by atoms with Crippen LogP contribution in [0.5, 0.6) is 0 Å². The van der Waals surface area contributed by atoms with Gasteiger partial charge >= 0.3 is 0 Å². The van der Waals surface area contributed by atoms with E-state index in [0.29, 0.717) is 11.7 Å². The highest BCUT2D eigenvalue weighted by atomic mass is 16.1. The molecule has 1 atom stereocenters. The highest BCUT2D eigenvalue weighted by Crippen LogP contribution is 2.20. The van der Waals surface area contributed by atoms with Crippen molar-refractivity contribution in [2.75, 3.05) is 0 Å². The molecule has 0 saturated heterocycles. The molecule has 0 radical (unpaired) electrons. The molecule has 0 heterocycles. The van der Waals surface area contributed by atoms with Gasteiger partial charge in [-0.25, -0.2) is 0 Å². The summed E-state index contributed by atoms with van der Waals surface area (Å²) >= 11 is 0. The smallest absolute Gasteiger partial charge is 0.135 e. The molecule has 0 aliphatic rings. The predicted molar refractivity (Wildman–Crippen MR) is 85.5 cm³/mol. The first kappa shape index (κ1) is 18.7. The molecule has 0 fully saturated rings. The van der Waals surface area contributed by atoms with E-state index in [1.165, 1.54) is 51.4 Å². The van der Waals surface area contributed by atoms with Crippen LogP contribution in [0.3, 0.4) is 0 Å². The maximum atomic E-state index is 12.2. The van der Waals surface area contributed by atoms with E-state index in [1.54, 1.807) is 0 Å². The first-order chi connectivity index (χ1) is 9.26. The number of rotatable bonds is 14. The van der Waals surface area contributed by atoms with Crippen molar-refractivity contribution >= 4 is 5.78 Å². The van der Waals surface area contributed by atoms with E-state index in [-0.39, 0.29) is 0 Å². The Morgan fingerprint density at radius 3 is 1.84 bits per heavy atom. The third-order valence-electron chi connectivity index (χ3n) is 4.03. The quantitative estimate of drug-likeness (QED) is 0.338. The molecule has 0 bridgehead atoms. The molecule has 0 N–H and O–H groups in total. The summed E-state index contributed by atoms with van der Waals surface area (Å²) in [4.78, 5) is 12.2. The van der Waals surface area contributed by atoms with Gasteiger partial charge in [0.15, 0.2) is 0 Å². The van der Waals surface area contributed by atoms with Crippen molar-refractivity contribution in [3.8, 4) is 0 Å². The summed E-state index contributed by atoms with van der Waals surface area (Å²) in [5.74, 6) is 0.919. The maximum absolute atomic E-state index is 12.2. The predicted octanol–water partition coefficient (Wildman–Crippen LogP) is 6.30. The highest BCUT2D eigenvalue weighted by Gasteiger charge is 2.16. The Labute approximate surface area is 121 Å². The van der Waals surface area contributed by atoms with Crippen LogP contribution in [0.2, 0.25) is 0 Å². The van der Waals surface area contributed by atoms with E-state index in [1.807, 2.05) is 0 Å². The van der Waals surface area contributed by atoms with Crippen LogP contribution < -0.4 is 0 Å². The maximum Gasteiger partial charge on any atom is 0.135 e. The van der Waals surface area contributed by atoms with Crippen molar-refractivity contribution in [3.05, 3.63) is 0 Å². The summed E-state index contributed by atoms with van der Waals surface area (Å²) in [5.41, 5.74) is 0. The van der Waals surface area contributed by atoms with Crippen LogP contribution in [0.15, 0.2) is 0 Å². The molecule has 1 unspecified atom stereocenters. The Morgan fingerprint density at radius 2 is 1.26 bits per heavy atom. The fraction of sp³-hybridized carbons (Fsp3) is 0.944. The molecule has 0 aromatic heterocycles. The van der Waals surface area contributed by atoms with Crippen LogP contribution >= 0.6 is 0 Å². The second-order valence-corrected chi connectivity index (χ2v) is 5.97. The number of hydrogen-bond acceptors (Lipinski definition) is 1. The van der Waals surface area contributed by atoms with Crippen molar-refractivity contribution in [1.82, 2.24) is 0 Å². The van der Waals surface area contributed by atoms with E-state index >= 15 is 0 Å². The molecular formula is C18H36O. The van der Waals surface area contributed by atoms with Gasteiger partial charge in [-0.15, -0.1) is 0 Å². The van der Waals surface area contributed by atoms with Crippen LogP contribution in [0.4, 0.5) is 0 Å². The van der Waals surface area contributed by atoms with E-state index in [2.05, 4.69) is 20.8 Å². The SMILES string of the molecule is CCCCCCCC(=O)C(CCC)CCCCCC. The average molecular weight is 268 g/mol. The lowest BCUT2D eigenvalue weighted by atomic mass is 9.89. The molecule has 1 nitrogen and oxygen atoms in total. The average Bonchev–Trinajstić information content (AvgIpc) is 2.42. The summed E-state index contributed by atoms with van der Waals surface area (Å²) in [6, 6.07) is 0. The van der Waals surface area contributed by atoms with Crippen molar-refractivity contribution in [1.29, 1.82) is 0 Å². The summed E-state index contributed by atoms with van der Waals surface area (Å²) in [5, 5.41) is 0. The van der Waals surface area contributed by atoms with Crippen LogP contribution in [0.25, 0.3) is 0 Å². The minimum atomic E-state index is 0.369. The Hall–Kier alpha value is -0.330. The summed E-state index contributed by atoms with van der Waals surface area (Å²) in [6.07, 6.45) is 15.7. The van der Waals surface area contributed by atoms with Crippen molar-refractivity contribution in [2.45, 2.75) is 104 Å². The molecule has 19 heavy (non-hydrogen) atoms. The minimum absolute atomic E-state index is 0.369. The van der Waals surface area contributed by atoms with Crippen LogP contribution in [0.1, 0.15) is 104 Å². The van der Waals surface area contributed by atoms with Gasteiger partial charge in [-0.3, -0.25) is 4.79 Å². The molecule has 0 rings (SSSR count). The lowest BCUT2D eigenvalue weighted by Crippen LogP contribution is -2.14. The second kappa shape index (κ2) is 14.1. The largest absolute Gasteiger partial charge is 0.299 e. The minimum Gasteiger partial charge on any atom is -0.299 e. The first-order valence-corrected chi connectivity index (χ1v) is 8.78. The van der Waals surface area contributed by atoms with Gasteiger partial charge in [-0.1, -0.05) is 78.6 Å². The number of carbonyl (C=O) groups excluding carboxylic acids is 1. The van der Waals surface area contributed by atoms with Crippen molar-refractivity contribution in [3.63, 3.8) is 0 Å². The third-order valence-corrected chi connectivity index (χ3v) is 4.03. The Balaban J connectivity index is 3.76. The van der Waals surface area contributed by atoms with Crippen molar-refractivity contribution in [2.24, 2.45) is 5.92 Å². The summed E-state index contributed by atoms with van der Waals surface area (Å²) < 4.78 is 0. The van der Waals surface area contributed by atoms with Gasteiger partial charge in [-0.05, 0) is 19.3 Å². The summed E-state index contributed by atoms with van der Waals surface area (Å²) in [6.45, 7) is 6.68. The van der Waals surface area contributed by atoms with Crippen LogP contribution in [0, 0.1) is 5.92 Å². The zero-order valence-corrected chi connectivity index (χ0v) is 13.7. The molecule has 114 valence electrons. The summed E-state index contributed by atoms with van der Waals surface area (Å²) in [7, 11) is 0. The molecule has 0 aliphatic carbocycles. The topological polar surface area (TPSA) is 17.1 Å². The first-order valence-electron chi connectivity index (χ1n) is 8.78. The molecule has 0 amide bonds. The number of Topliss-reactive ketones (excluding diaryl/α,β-unsaturated/α-hetero) is 1. The highest BCUT2D eigenvalue weighted by molar-refractivity contribution is 5.80. The molecule has 1 heteroatoms. The van der Waals surface area contributed by atoms with Gasteiger partial charge in [0.2, 0.25) is 0 Å². The number of carbonyl (C=O) groups is 1. The molecule has 0 aliphatic heterocycles. The van der Waals surface area contributed by atoms with E-state index in [9.17, 15) is 4.79 Å². The molecule has 0 spiro atoms. The molecule has 0 saturated carbocycles. The van der Waals surface area contributed by atoms with Gasteiger partial charge in [0, 0.05) is 12.3 Å². The van der Waals surface area contributed by atoms with Crippen LogP contribution in [-0.4, -0.2) is 5.78 Å². The zero-order valence-electron chi connectivity index (χ0n) is 13.7. The Bertz CT molecular complexity index is 198. The van der Waals surface area contributed by atoms with Crippen LogP contribution in [-0.2, 0) is 4.79 Å². The molecule has 0 aromatic carbocycles. The number of unbranched alkanes of at least 4 members (excludes halogenated alkanes) is 7. The van der Waals surface area contributed by atoms with E-state index in [4.69, 9.17) is 0 Å². The third kappa shape index (κ3) is 11.2. The fourth-order valence-corrected chi connectivity index (χ4v) is 2.74. The normalized spacial score (nSPS) is 12.6. The standard InChI is InChI=1S/C18H36O/c1-4-7-9-11-13-16-18(19)17(14-6-3)15-12-10-8-5-2/h17H,4-16H2,1-3H3. The van der Waals surface area contributed by atoms with Gasteiger partial charge in [0.1, 0.15) is 5.78 Å². The number of ketones is 1. The van der Waals surface area contributed by atoms with E-state index in [0.717, 1.165) is 32.1 Å². The van der Waals surface area contributed by atoms with Gasteiger partial charge < -0.3 is 0 Å².